The number of hydrogen-bond donors (Lipinski definition) is 2. The first-order chi connectivity index (χ1) is 18.8. The maximum Gasteiger partial charge on any atom is 0.408 e. The largest absolute Gasteiger partial charge is 0.497 e. The van der Waals surface area contributed by atoms with Gasteiger partial charge in [0.15, 0.2) is 0 Å². The van der Waals surface area contributed by atoms with Crippen molar-refractivity contribution in [3.63, 3.8) is 0 Å². The average molecular weight is 552 g/mol. The summed E-state index contributed by atoms with van der Waals surface area (Å²) in [5, 5.41) is 5.83. The quantitative estimate of drug-likeness (QED) is 0.361. The van der Waals surface area contributed by atoms with Crippen molar-refractivity contribution in [2.45, 2.75) is 97.9 Å². The van der Waals surface area contributed by atoms with E-state index in [1.54, 1.807) is 57.0 Å². The first kappa shape index (κ1) is 31.0. The van der Waals surface area contributed by atoms with Gasteiger partial charge in [0, 0.05) is 11.7 Å². The molecule has 40 heavy (non-hydrogen) atoms. The van der Waals surface area contributed by atoms with Crippen LogP contribution >= 0.6 is 0 Å². The third kappa shape index (κ3) is 8.23. The Kier molecular flexibility index (Phi) is 10.2. The van der Waals surface area contributed by atoms with E-state index in [0.29, 0.717) is 17.9 Å². The summed E-state index contributed by atoms with van der Waals surface area (Å²) in [6, 6.07) is 11.1. The lowest BCUT2D eigenvalue weighted by atomic mass is 9.87. The summed E-state index contributed by atoms with van der Waals surface area (Å²) in [6.45, 7) is 13.4. The highest BCUT2D eigenvalue weighted by Crippen LogP contribution is 2.35. The molecule has 8 nitrogen and oxygen atoms in total. The lowest BCUT2D eigenvalue weighted by Crippen LogP contribution is -2.57. The van der Waals surface area contributed by atoms with E-state index >= 15 is 0 Å². The lowest BCUT2D eigenvalue weighted by molar-refractivity contribution is -0.146. The summed E-state index contributed by atoms with van der Waals surface area (Å²) in [5.41, 5.74) is 2.76. The molecule has 2 unspecified atom stereocenters. The van der Waals surface area contributed by atoms with E-state index in [0.717, 1.165) is 36.0 Å². The molecule has 1 aliphatic carbocycles. The van der Waals surface area contributed by atoms with E-state index in [4.69, 9.17) is 9.47 Å². The van der Waals surface area contributed by atoms with Crippen molar-refractivity contribution in [3.8, 4) is 5.75 Å². The Morgan fingerprint density at radius 2 is 1.65 bits per heavy atom. The molecule has 218 valence electrons. The number of rotatable bonds is 10. The van der Waals surface area contributed by atoms with E-state index < -0.39 is 23.8 Å². The van der Waals surface area contributed by atoms with Gasteiger partial charge >= 0.3 is 6.09 Å². The number of amides is 3. The molecular formula is C32H45N3O5. The Labute approximate surface area is 238 Å². The standard InChI is InChI=1S/C32H45N3O5/c1-20(2)18-27(34-31(38)40-32(5,6)7)30(37)35(25-10-9-11-25)28(23-13-12-21(3)22(4)19-23)29(36)33-24-14-16-26(39-8)17-15-24/h12-17,19-20,25,27-28H,9-11,18H2,1-8H3,(H,33,36)(H,34,38). The van der Waals surface area contributed by atoms with E-state index in [2.05, 4.69) is 10.6 Å². The van der Waals surface area contributed by atoms with E-state index in [1.165, 1.54) is 0 Å². The van der Waals surface area contributed by atoms with Crippen LogP contribution in [-0.2, 0) is 14.3 Å². The molecule has 2 aromatic rings. The van der Waals surface area contributed by atoms with Crippen molar-refractivity contribution in [3.05, 3.63) is 59.2 Å². The van der Waals surface area contributed by atoms with Gasteiger partial charge in [0.25, 0.3) is 5.91 Å². The second kappa shape index (κ2) is 13.2. The summed E-state index contributed by atoms with van der Waals surface area (Å²) < 4.78 is 10.7. The molecule has 0 heterocycles. The highest BCUT2D eigenvalue weighted by Gasteiger charge is 2.42. The number of anilines is 1. The predicted molar refractivity (Wildman–Crippen MR) is 157 cm³/mol. The van der Waals surface area contributed by atoms with Crippen LogP contribution in [0.5, 0.6) is 5.75 Å². The predicted octanol–water partition coefficient (Wildman–Crippen LogP) is 6.31. The maximum absolute atomic E-state index is 14.4. The minimum absolute atomic E-state index is 0.115. The zero-order chi connectivity index (χ0) is 29.6. The first-order valence-electron chi connectivity index (χ1n) is 14.1. The number of nitrogens with zero attached hydrogens (tertiary/aromatic N) is 1. The number of carbonyl (C=O) groups excluding carboxylic acids is 3. The van der Waals surface area contributed by atoms with Crippen molar-refractivity contribution < 1.29 is 23.9 Å². The van der Waals surface area contributed by atoms with Crippen LogP contribution < -0.4 is 15.4 Å². The Morgan fingerprint density at radius 1 is 1.00 bits per heavy atom. The topological polar surface area (TPSA) is 97.0 Å². The number of methoxy groups -OCH3 is 1. The molecule has 1 saturated carbocycles. The average Bonchev–Trinajstić information content (AvgIpc) is 2.82. The van der Waals surface area contributed by atoms with Gasteiger partial charge in [0.2, 0.25) is 5.91 Å². The summed E-state index contributed by atoms with van der Waals surface area (Å²) >= 11 is 0. The highest BCUT2D eigenvalue weighted by atomic mass is 16.6. The number of benzene rings is 2. The van der Waals surface area contributed by atoms with Crippen LogP contribution in [0.1, 0.15) is 83.0 Å². The van der Waals surface area contributed by atoms with Crippen molar-refractivity contribution in [1.29, 1.82) is 0 Å². The van der Waals surface area contributed by atoms with E-state index in [-0.39, 0.29) is 23.8 Å². The fraction of sp³-hybridized carbons (Fsp3) is 0.531. The zero-order valence-corrected chi connectivity index (χ0v) is 25.2. The molecule has 3 amide bonds. The lowest BCUT2D eigenvalue weighted by Gasteiger charge is -2.44. The van der Waals surface area contributed by atoms with Crippen LogP contribution in [0.25, 0.3) is 0 Å². The summed E-state index contributed by atoms with van der Waals surface area (Å²) in [6.07, 6.45) is 2.34. The Morgan fingerprint density at radius 3 is 2.15 bits per heavy atom. The second-order valence-electron chi connectivity index (χ2n) is 12.1. The number of ether oxygens (including phenoxy) is 2. The molecule has 2 aromatic carbocycles. The molecule has 2 N–H and O–H groups in total. The Hall–Kier alpha value is -3.55. The number of hydrogen-bond acceptors (Lipinski definition) is 5. The minimum Gasteiger partial charge on any atom is -0.497 e. The van der Waals surface area contributed by atoms with Crippen molar-refractivity contribution >= 4 is 23.6 Å². The first-order valence-corrected chi connectivity index (χ1v) is 14.1. The molecular weight excluding hydrogens is 506 g/mol. The molecule has 0 aromatic heterocycles. The van der Waals surface area contributed by atoms with Gasteiger partial charge in [-0.2, -0.15) is 0 Å². The molecule has 0 bridgehead atoms. The third-order valence-electron chi connectivity index (χ3n) is 7.15. The molecule has 2 atom stereocenters. The summed E-state index contributed by atoms with van der Waals surface area (Å²) in [7, 11) is 1.59. The van der Waals surface area contributed by atoms with Crippen LogP contribution in [0, 0.1) is 19.8 Å². The van der Waals surface area contributed by atoms with E-state index in [9.17, 15) is 14.4 Å². The summed E-state index contributed by atoms with van der Waals surface area (Å²) in [4.78, 5) is 42.9. The van der Waals surface area contributed by atoms with Crippen molar-refractivity contribution in [2.24, 2.45) is 5.92 Å². The third-order valence-corrected chi connectivity index (χ3v) is 7.15. The van der Waals surface area contributed by atoms with Gasteiger partial charge in [-0.05, 0) is 107 Å². The van der Waals surface area contributed by atoms with Crippen LogP contribution in [-0.4, -0.2) is 47.6 Å². The van der Waals surface area contributed by atoms with Gasteiger partial charge in [-0.3, -0.25) is 9.59 Å². The smallest absolute Gasteiger partial charge is 0.408 e. The van der Waals surface area contributed by atoms with Gasteiger partial charge < -0.3 is 25.0 Å². The van der Waals surface area contributed by atoms with Gasteiger partial charge in [0.1, 0.15) is 23.4 Å². The molecule has 0 aliphatic heterocycles. The van der Waals surface area contributed by atoms with Gasteiger partial charge in [-0.1, -0.05) is 32.0 Å². The number of nitrogens with one attached hydrogen (secondary N) is 2. The van der Waals surface area contributed by atoms with Crippen LogP contribution in [0.15, 0.2) is 42.5 Å². The van der Waals surface area contributed by atoms with Crippen molar-refractivity contribution in [1.82, 2.24) is 10.2 Å². The molecule has 0 spiro atoms. The fourth-order valence-corrected chi connectivity index (χ4v) is 4.76. The number of alkyl carbamates (subject to hydrolysis) is 1. The van der Waals surface area contributed by atoms with E-state index in [1.807, 2.05) is 45.9 Å². The molecule has 1 aliphatic rings. The van der Waals surface area contributed by atoms with Crippen molar-refractivity contribution in [2.75, 3.05) is 12.4 Å². The van der Waals surface area contributed by atoms with Gasteiger partial charge in [-0.25, -0.2) is 4.79 Å². The minimum atomic E-state index is -0.880. The zero-order valence-electron chi connectivity index (χ0n) is 25.2. The Bertz CT molecular complexity index is 1180. The highest BCUT2D eigenvalue weighted by molar-refractivity contribution is 5.99. The maximum atomic E-state index is 14.4. The van der Waals surface area contributed by atoms with Crippen LogP contribution in [0.3, 0.4) is 0 Å². The monoisotopic (exact) mass is 551 g/mol. The van der Waals surface area contributed by atoms with Crippen LogP contribution in [0.4, 0.5) is 10.5 Å². The second-order valence-corrected chi connectivity index (χ2v) is 12.1. The van der Waals surface area contributed by atoms with Gasteiger partial charge in [0.05, 0.1) is 7.11 Å². The SMILES string of the molecule is COc1ccc(NC(=O)C(c2ccc(C)c(C)c2)N(C(=O)C(CC(C)C)NC(=O)OC(C)(C)C)C2CCC2)cc1. The summed E-state index contributed by atoms with van der Waals surface area (Å²) in [5.74, 6) is 0.214. The molecule has 0 saturated heterocycles. The molecule has 1 fully saturated rings. The molecule has 8 heteroatoms. The number of aryl methyl sites for hydroxylation is 2. The van der Waals surface area contributed by atoms with Gasteiger partial charge in [-0.15, -0.1) is 0 Å². The normalized spacial score (nSPS) is 15.0. The fourth-order valence-electron chi connectivity index (χ4n) is 4.76. The number of carbonyl (C=O) groups is 3. The molecule has 0 radical (unpaired) electrons. The van der Waals surface area contributed by atoms with Crippen LogP contribution in [0.2, 0.25) is 0 Å². The Balaban J connectivity index is 2.03. The molecule has 3 rings (SSSR count).